The van der Waals surface area contributed by atoms with Crippen LogP contribution in [-0.2, 0) is 39.7 Å². The molecule has 5 aromatic rings. The van der Waals surface area contributed by atoms with Crippen molar-refractivity contribution < 1.29 is 40.9 Å². The number of nitrogens with one attached hydrogen (secondary N) is 2. The van der Waals surface area contributed by atoms with Crippen LogP contribution in [0.25, 0.3) is 11.4 Å². The van der Waals surface area contributed by atoms with Crippen molar-refractivity contribution in [1.82, 2.24) is 34.6 Å². The molecular formula is C35H38IN7O9S2. The van der Waals surface area contributed by atoms with Crippen molar-refractivity contribution in [3.63, 3.8) is 0 Å². The van der Waals surface area contributed by atoms with Crippen LogP contribution >= 0.6 is 22.6 Å². The van der Waals surface area contributed by atoms with Crippen molar-refractivity contribution >= 4 is 48.7 Å². The molecule has 3 N–H and O–H groups in total. The average molecular weight is 892 g/mol. The molecule has 0 unspecified atom stereocenters. The smallest absolute Gasteiger partial charge is 0.404 e. The van der Waals surface area contributed by atoms with Crippen LogP contribution in [0.4, 0.5) is 4.79 Å². The van der Waals surface area contributed by atoms with Crippen molar-refractivity contribution in [1.29, 1.82) is 0 Å². The Labute approximate surface area is 326 Å². The zero-order valence-electron chi connectivity index (χ0n) is 29.6. The third-order valence-electron chi connectivity index (χ3n) is 8.19. The van der Waals surface area contributed by atoms with Crippen molar-refractivity contribution in [2.75, 3.05) is 27.9 Å². The van der Waals surface area contributed by atoms with Gasteiger partial charge in [-0.25, -0.2) is 31.0 Å². The number of benzene rings is 4. The van der Waals surface area contributed by atoms with Gasteiger partial charge >= 0.3 is 6.09 Å². The first kappa shape index (κ1) is 40.4. The maximum Gasteiger partial charge on any atom is 0.404 e. The highest BCUT2D eigenvalue weighted by atomic mass is 127. The quantitative estimate of drug-likeness (QED) is 0.112. The fourth-order valence-electron chi connectivity index (χ4n) is 5.41. The molecule has 0 fully saturated rings. The van der Waals surface area contributed by atoms with Gasteiger partial charge in [-0.2, -0.15) is 4.31 Å². The Hall–Kier alpha value is -4.83. The largest absolute Gasteiger partial charge is 0.497 e. The number of carbonyl (C=O) groups is 1. The standard InChI is InChI=1S/C35H38IN7O9S2/c1-23(38-35(44)45)19-37-53(46,47)31-18-17-30(36)32(34-39-40-41-43(34)22-26-9-15-29(52-4)16-10-26)33(31)54(48,49)42(20-24-5-11-27(50-2)12-6-24)21-25-7-13-28(51-3)14-8-25/h5-18,23,37-38H,19-22H2,1-4H3,(H,44,45)/t23-/m1/s1. The van der Waals surface area contributed by atoms with Crippen molar-refractivity contribution in [2.24, 2.45) is 0 Å². The van der Waals surface area contributed by atoms with Gasteiger partial charge in [-0.3, -0.25) is 0 Å². The third-order valence-corrected chi connectivity index (χ3v) is 12.6. The number of hydrogen-bond donors (Lipinski definition) is 3. The first-order valence-corrected chi connectivity index (χ1v) is 20.2. The molecule has 0 bridgehead atoms. The van der Waals surface area contributed by atoms with E-state index < -0.39 is 42.0 Å². The van der Waals surface area contributed by atoms with Crippen molar-refractivity contribution in [2.45, 2.75) is 42.4 Å². The van der Waals surface area contributed by atoms with E-state index in [0.29, 0.717) is 31.9 Å². The number of halogens is 1. The number of sulfonamides is 2. The summed E-state index contributed by atoms with van der Waals surface area (Å²) in [5.74, 6) is 1.77. The van der Waals surface area contributed by atoms with Crippen LogP contribution in [0.2, 0.25) is 0 Å². The number of ether oxygens (including phenoxy) is 3. The molecule has 0 aliphatic carbocycles. The zero-order valence-corrected chi connectivity index (χ0v) is 33.4. The number of aromatic nitrogens is 4. The van der Waals surface area contributed by atoms with Gasteiger partial charge in [0, 0.05) is 29.2 Å². The normalized spacial score (nSPS) is 12.3. The lowest BCUT2D eigenvalue weighted by atomic mass is 10.2. The van der Waals surface area contributed by atoms with E-state index in [0.717, 1.165) is 5.56 Å². The number of methoxy groups -OCH3 is 3. The average Bonchev–Trinajstić information content (AvgIpc) is 3.61. The van der Waals surface area contributed by atoms with Crippen LogP contribution in [0, 0.1) is 3.57 Å². The van der Waals surface area contributed by atoms with E-state index in [1.807, 2.05) is 22.6 Å². The molecule has 5 rings (SSSR count). The summed E-state index contributed by atoms with van der Waals surface area (Å²) in [6.45, 7) is 0.883. The van der Waals surface area contributed by atoms with Crippen LogP contribution in [0.1, 0.15) is 23.6 Å². The van der Waals surface area contributed by atoms with E-state index in [9.17, 15) is 13.2 Å². The summed E-state index contributed by atoms with van der Waals surface area (Å²) in [5, 5.41) is 23.6. The molecule has 4 aromatic carbocycles. The molecule has 16 nitrogen and oxygen atoms in total. The van der Waals surface area contributed by atoms with E-state index in [1.54, 1.807) is 79.9 Å². The van der Waals surface area contributed by atoms with Crippen LogP contribution in [0.5, 0.6) is 17.2 Å². The fourth-order valence-corrected chi connectivity index (χ4v) is 9.82. The summed E-state index contributed by atoms with van der Waals surface area (Å²) in [4.78, 5) is 10.1. The highest BCUT2D eigenvalue weighted by Crippen LogP contribution is 2.38. The number of tetrazole rings is 1. The predicted octanol–water partition coefficient (Wildman–Crippen LogP) is 4.34. The molecule has 0 saturated carbocycles. The molecule has 0 aliphatic heterocycles. The molecule has 0 aliphatic rings. The first-order chi connectivity index (χ1) is 25.7. The Balaban J connectivity index is 1.71. The minimum absolute atomic E-state index is 0.000555. The summed E-state index contributed by atoms with van der Waals surface area (Å²) >= 11 is 1.93. The summed E-state index contributed by atoms with van der Waals surface area (Å²) < 4.78 is 80.2. The third kappa shape index (κ3) is 9.63. The summed E-state index contributed by atoms with van der Waals surface area (Å²) in [6.07, 6.45) is -1.35. The Morgan fingerprint density at radius 1 is 0.815 bits per heavy atom. The Morgan fingerprint density at radius 3 is 1.80 bits per heavy atom. The van der Waals surface area contributed by atoms with Crippen LogP contribution in [0.3, 0.4) is 0 Å². The van der Waals surface area contributed by atoms with Gasteiger partial charge in [0.15, 0.2) is 5.82 Å². The van der Waals surface area contributed by atoms with Gasteiger partial charge in [0.1, 0.15) is 27.0 Å². The maximum atomic E-state index is 15.3. The number of rotatable bonds is 17. The van der Waals surface area contributed by atoms with E-state index in [2.05, 4.69) is 25.6 Å². The highest BCUT2D eigenvalue weighted by molar-refractivity contribution is 14.1. The number of nitrogens with zero attached hydrogens (tertiary/aromatic N) is 5. The SMILES string of the molecule is COc1ccc(CN(Cc2ccc(OC)cc2)S(=O)(=O)c2c(S(=O)(=O)NC[C@@H](C)NC(=O)O)ccc(I)c2-c2nnnn2Cc2ccc(OC)cc2)cc1. The lowest BCUT2D eigenvalue weighted by Gasteiger charge is -2.26. The van der Waals surface area contributed by atoms with E-state index in [1.165, 1.54) is 42.3 Å². The highest BCUT2D eigenvalue weighted by Gasteiger charge is 2.37. The van der Waals surface area contributed by atoms with Crippen LogP contribution < -0.4 is 24.2 Å². The van der Waals surface area contributed by atoms with Gasteiger partial charge in [-0.15, -0.1) is 5.10 Å². The Morgan fingerprint density at radius 2 is 1.31 bits per heavy atom. The molecule has 286 valence electrons. The Kier molecular flexibility index (Phi) is 13.1. The summed E-state index contributed by atoms with van der Waals surface area (Å²) in [7, 11) is -4.81. The van der Waals surface area contributed by atoms with Crippen molar-refractivity contribution in [3.8, 4) is 28.6 Å². The number of hydrogen-bond acceptors (Lipinski definition) is 11. The minimum Gasteiger partial charge on any atom is -0.497 e. The molecular weight excluding hydrogens is 853 g/mol. The maximum absolute atomic E-state index is 15.3. The summed E-state index contributed by atoms with van der Waals surface area (Å²) in [5.41, 5.74) is 1.92. The predicted molar refractivity (Wildman–Crippen MR) is 206 cm³/mol. The molecule has 0 saturated heterocycles. The zero-order chi connectivity index (χ0) is 39.0. The Bertz CT molecular complexity index is 2240. The van der Waals surface area contributed by atoms with E-state index >= 15 is 8.42 Å². The number of carboxylic acid groups (broad SMARTS) is 1. The first-order valence-electron chi connectivity index (χ1n) is 16.2. The molecule has 1 heterocycles. The lowest BCUT2D eigenvalue weighted by Crippen LogP contribution is -2.41. The number of amides is 1. The van der Waals surface area contributed by atoms with Gasteiger partial charge in [0.2, 0.25) is 20.0 Å². The van der Waals surface area contributed by atoms with Crippen LogP contribution in [-0.4, -0.2) is 86.5 Å². The van der Waals surface area contributed by atoms with E-state index in [4.69, 9.17) is 19.3 Å². The molecule has 0 radical (unpaired) electrons. The molecule has 19 heteroatoms. The lowest BCUT2D eigenvalue weighted by molar-refractivity contribution is 0.191. The summed E-state index contributed by atoms with van der Waals surface area (Å²) in [6, 6.07) is 22.6. The molecule has 1 atom stereocenters. The topological polar surface area (TPSA) is 204 Å². The molecule has 1 amide bonds. The van der Waals surface area contributed by atoms with Crippen molar-refractivity contribution in [3.05, 3.63) is 105 Å². The second-order valence-electron chi connectivity index (χ2n) is 11.9. The van der Waals surface area contributed by atoms with Gasteiger partial charge in [0.05, 0.1) is 33.4 Å². The van der Waals surface area contributed by atoms with Crippen LogP contribution in [0.15, 0.2) is 94.7 Å². The monoisotopic (exact) mass is 891 g/mol. The van der Waals surface area contributed by atoms with Gasteiger partial charge in [0.25, 0.3) is 0 Å². The molecule has 1 aromatic heterocycles. The fraction of sp³-hybridized carbons (Fsp3) is 0.257. The van der Waals surface area contributed by atoms with E-state index in [-0.39, 0.29) is 37.6 Å². The second kappa shape index (κ2) is 17.5. The molecule has 54 heavy (non-hydrogen) atoms. The van der Waals surface area contributed by atoms with Gasteiger partial charge in [-0.1, -0.05) is 36.4 Å². The molecule has 0 spiro atoms. The minimum atomic E-state index is -4.77. The van der Waals surface area contributed by atoms with Gasteiger partial charge in [-0.05, 0) is 105 Å². The van der Waals surface area contributed by atoms with Gasteiger partial charge < -0.3 is 24.6 Å². The second-order valence-corrected chi connectivity index (χ2v) is 16.7.